The minimum atomic E-state index is -5.52. The first-order chi connectivity index (χ1) is 12.3. The van der Waals surface area contributed by atoms with E-state index in [1.54, 1.807) is 0 Å². The van der Waals surface area contributed by atoms with Crippen molar-refractivity contribution in [3.63, 3.8) is 0 Å². The van der Waals surface area contributed by atoms with E-state index in [1.165, 1.54) is 27.8 Å². The van der Waals surface area contributed by atoms with Crippen LogP contribution in [0.2, 0.25) is 0 Å². The van der Waals surface area contributed by atoms with Crippen LogP contribution in [0.5, 0.6) is 17.2 Å². The highest BCUT2D eigenvalue weighted by Gasteiger charge is 2.43. The molecular weight excluding hydrogens is 413 g/mol. The van der Waals surface area contributed by atoms with Gasteiger partial charge in [-0.2, -0.15) is 0 Å². The molecule has 0 aliphatic heterocycles. The van der Waals surface area contributed by atoms with E-state index in [4.69, 9.17) is 0 Å². The third-order valence-electron chi connectivity index (χ3n) is 3.23. The Hall–Kier alpha value is -2.05. The van der Waals surface area contributed by atoms with Crippen molar-refractivity contribution in [3.8, 4) is 17.2 Å². The Morgan fingerprint density at radius 3 is 1.46 bits per heavy atom. The summed E-state index contributed by atoms with van der Waals surface area (Å²) in [6, 6.07) is -0.684. The molecule has 4 nitrogen and oxygen atoms in total. The van der Waals surface area contributed by atoms with E-state index in [0.717, 1.165) is 0 Å². The van der Waals surface area contributed by atoms with Gasteiger partial charge in [-0.3, -0.25) is 0 Å². The minimum Gasteiger partial charge on any atom is -0.405 e. The molecule has 13 heteroatoms. The molecule has 1 unspecified atom stereocenters. The van der Waals surface area contributed by atoms with Crippen LogP contribution in [0.1, 0.15) is 32.4 Å². The first-order valence-corrected chi connectivity index (χ1v) is 7.45. The molecule has 0 aliphatic carbocycles. The fourth-order valence-corrected chi connectivity index (χ4v) is 2.48. The molecule has 0 aliphatic rings. The van der Waals surface area contributed by atoms with Crippen LogP contribution in [0.4, 0.5) is 39.5 Å². The third-order valence-corrected chi connectivity index (χ3v) is 3.23. The van der Waals surface area contributed by atoms with Crippen LogP contribution < -0.4 is 19.5 Å². The van der Waals surface area contributed by atoms with Gasteiger partial charge in [0.25, 0.3) is 0 Å². The van der Waals surface area contributed by atoms with Gasteiger partial charge in [0.15, 0.2) is 11.5 Å². The molecule has 0 amide bonds. The summed E-state index contributed by atoms with van der Waals surface area (Å²) in [4.78, 5) is 0. The molecule has 0 aromatic heterocycles. The maximum absolute atomic E-state index is 12.8. The summed E-state index contributed by atoms with van der Waals surface area (Å²) in [5, 5.41) is 2.47. The van der Waals surface area contributed by atoms with Crippen LogP contribution in [0.15, 0.2) is 12.1 Å². The van der Waals surface area contributed by atoms with Crippen LogP contribution in [-0.2, 0) is 0 Å². The molecule has 1 aromatic rings. The van der Waals surface area contributed by atoms with E-state index in [0.29, 0.717) is 6.07 Å². The van der Waals surface area contributed by atoms with E-state index < -0.39 is 53.4 Å². The van der Waals surface area contributed by atoms with Gasteiger partial charge in [-0.05, 0) is 24.6 Å². The second kappa shape index (κ2) is 7.76. The van der Waals surface area contributed by atoms with Crippen molar-refractivity contribution >= 4 is 0 Å². The van der Waals surface area contributed by atoms with Crippen molar-refractivity contribution in [2.75, 3.05) is 7.05 Å². The Morgan fingerprint density at radius 2 is 1.11 bits per heavy atom. The molecular formula is C15H16F9NO3. The second-order valence-corrected chi connectivity index (χ2v) is 6.54. The Morgan fingerprint density at radius 1 is 0.714 bits per heavy atom. The summed E-state index contributed by atoms with van der Waals surface area (Å²) in [5.74, 6) is -4.24. The highest BCUT2D eigenvalue weighted by Crippen LogP contribution is 2.50. The van der Waals surface area contributed by atoms with Crippen LogP contribution in [0.25, 0.3) is 0 Å². The van der Waals surface area contributed by atoms with Crippen molar-refractivity contribution in [2.45, 2.75) is 45.9 Å². The van der Waals surface area contributed by atoms with E-state index in [9.17, 15) is 39.5 Å². The molecule has 162 valence electrons. The highest BCUT2D eigenvalue weighted by molar-refractivity contribution is 5.56. The van der Waals surface area contributed by atoms with E-state index >= 15 is 0 Å². The lowest BCUT2D eigenvalue weighted by Gasteiger charge is -2.34. The van der Waals surface area contributed by atoms with Gasteiger partial charge < -0.3 is 19.5 Å². The topological polar surface area (TPSA) is 39.7 Å². The molecule has 0 fully saturated rings. The fraction of sp³-hybridized carbons (Fsp3) is 0.600. The van der Waals surface area contributed by atoms with Crippen molar-refractivity contribution in [2.24, 2.45) is 5.41 Å². The zero-order valence-electron chi connectivity index (χ0n) is 14.9. The van der Waals surface area contributed by atoms with Gasteiger partial charge >= 0.3 is 19.1 Å². The maximum atomic E-state index is 12.8. The number of hydrogen-bond donors (Lipinski definition) is 1. The molecule has 0 bridgehead atoms. The minimum absolute atomic E-state index is 0.245. The normalized spacial score (nSPS) is 14.6. The third kappa shape index (κ3) is 7.17. The number of benzene rings is 1. The van der Waals surface area contributed by atoms with Gasteiger partial charge in [-0.15, -0.1) is 39.5 Å². The average Bonchev–Trinajstić information content (AvgIpc) is 2.39. The molecule has 0 radical (unpaired) electrons. The quantitative estimate of drug-likeness (QED) is 0.611. The summed E-state index contributed by atoms with van der Waals surface area (Å²) in [6.07, 6.45) is -16.3. The largest absolute Gasteiger partial charge is 0.573 e. The van der Waals surface area contributed by atoms with Crippen LogP contribution in [0, 0.1) is 5.41 Å². The molecule has 0 saturated carbocycles. The van der Waals surface area contributed by atoms with Crippen LogP contribution in [0.3, 0.4) is 0 Å². The number of hydrogen-bond acceptors (Lipinski definition) is 4. The van der Waals surface area contributed by atoms with Crippen molar-refractivity contribution in [1.29, 1.82) is 0 Å². The number of halogens is 9. The molecule has 0 saturated heterocycles. The smallest absolute Gasteiger partial charge is 0.405 e. The second-order valence-electron chi connectivity index (χ2n) is 6.54. The van der Waals surface area contributed by atoms with Crippen LogP contribution in [-0.4, -0.2) is 26.1 Å². The van der Waals surface area contributed by atoms with Gasteiger partial charge in [0, 0.05) is 6.04 Å². The summed E-state index contributed by atoms with van der Waals surface area (Å²) in [5.41, 5.74) is -2.01. The number of nitrogens with one attached hydrogen (secondary N) is 1. The van der Waals surface area contributed by atoms with Crippen LogP contribution >= 0.6 is 0 Å². The number of rotatable bonds is 5. The van der Waals surface area contributed by atoms with Gasteiger partial charge in [0.2, 0.25) is 0 Å². The summed E-state index contributed by atoms with van der Waals surface area (Å²) >= 11 is 0. The predicted octanol–water partition coefficient (Wildman–Crippen LogP) is 5.69. The standard InChI is InChI=1S/C15H16F9NO3/c1-12(2,3)11(25-4)9-7(26-13(16,17)18)5-6-8(27-14(19,20)21)10(9)28-15(22,23)24/h5-6,11,25H,1-4H3. The highest BCUT2D eigenvalue weighted by atomic mass is 19.4. The lowest BCUT2D eigenvalue weighted by molar-refractivity contribution is -0.288. The zero-order chi connectivity index (χ0) is 22.1. The van der Waals surface area contributed by atoms with Gasteiger partial charge in [0.05, 0.1) is 5.56 Å². The van der Waals surface area contributed by atoms with E-state index in [1.807, 2.05) is 0 Å². The zero-order valence-corrected chi connectivity index (χ0v) is 14.9. The van der Waals surface area contributed by atoms with E-state index in [2.05, 4.69) is 19.5 Å². The fourth-order valence-electron chi connectivity index (χ4n) is 2.48. The SMILES string of the molecule is CNC(c1c(OC(F)(F)F)ccc(OC(F)(F)F)c1OC(F)(F)F)C(C)(C)C. The van der Waals surface area contributed by atoms with Gasteiger partial charge in [-0.25, -0.2) is 0 Å². The first-order valence-electron chi connectivity index (χ1n) is 7.45. The van der Waals surface area contributed by atoms with Crippen molar-refractivity contribution < 1.29 is 53.7 Å². The monoisotopic (exact) mass is 429 g/mol. The molecule has 0 spiro atoms. The molecule has 1 N–H and O–H groups in total. The first kappa shape index (κ1) is 24.0. The molecule has 1 rings (SSSR count). The summed E-state index contributed by atoms with van der Waals surface area (Å²) in [7, 11) is 1.20. The molecule has 1 atom stereocenters. The van der Waals surface area contributed by atoms with Gasteiger partial charge in [0.1, 0.15) is 5.75 Å². The van der Waals surface area contributed by atoms with E-state index in [-0.39, 0.29) is 6.07 Å². The Kier molecular flexibility index (Phi) is 6.65. The van der Waals surface area contributed by atoms with Crippen molar-refractivity contribution in [1.82, 2.24) is 5.32 Å². The summed E-state index contributed by atoms with van der Waals surface area (Å²) < 4.78 is 125. The average molecular weight is 429 g/mol. The van der Waals surface area contributed by atoms with Crippen molar-refractivity contribution in [3.05, 3.63) is 17.7 Å². The molecule has 1 aromatic carbocycles. The Balaban J connectivity index is 3.84. The molecule has 0 heterocycles. The number of ether oxygens (including phenoxy) is 3. The lowest BCUT2D eigenvalue weighted by Crippen LogP contribution is -2.32. The Labute approximate surface area is 153 Å². The van der Waals surface area contributed by atoms with Gasteiger partial charge in [-0.1, -0.05) is 20.8 Å². The number of alkyl halides is 9. The maximum Gasteiger partial charge on any atom is 0.573 e. The Bertz CT molecular complexity index is 676. The predicted molar refractivity (Wildman–Crippen MR) is 77.7 cm³/mol. The molecule has 28 heavy (non-hydrogen) atoms. The lowest BCUT2D eigenvalue weighted by atomic mass is 9.81. The summed E-state index contributed by atoms with van der Waals surface area (Å²) in [6.45, 7) is 4.29.